The first-order valence-electron chi connectivity index (χ1n) is 16.7. The first-order chi connectivity index (χ1) is 24.8. The number of nitrogens with zero attached hydrogens (tertiary/aromatic N) is 2. The van der Waals surface area contributed by atoms with E-state index < -0.39 is 0 Å². The minimum atomic E-state index is 0.614. The standard InChI is InChI=1S/C45H26N2O3/c1-2-10-27(11-3-1)45-46-37-22-18-28-24-38(31-12-4-5-15-35(31)43(28)44(37)50-45)47(29-20-23-41-36(25-29)33-14-7-9-17-40(33)48-41)30-19-21-34-32-13-6-8-16-39(32)49-42(34)26-30/h1-26H. The SMILES string of the molecule is c1ccc(-c2nc3ccc4cc(N(c5ccc6c(c5)oc5ccccc56)c5ccc6oc7ccccc7c6c5)c5ccccc5c4c3o2)cc1. The zero-order chi connectivity index (χ0) is 32.8. The molecule has 234 valence electrons. The maximum Gasteiger partial charge on any atom is 0.227 e. The van der Waals surface area contributed by atoms with Gasteiger partial charge in [0.2, 0.25) is 5.89 Å². The summed E-state index contributed by atoms with van der Waals surface area (Å²) in [5.74, 6) is 0.614. The van der Waals surface area contributed by atoms with E-state index >= 15 is 0 Å². The van der Waals surface area contributed by atoms with Crippen LogP contribution in [-0.4, -0.2) is 4.98 Å². The fourth-order valence-corrected chi connectivity index (χ4v) is 7.58. The molecule has 0 spiro atoms. The number of furan rings is 2. The lowest BCUT2D eigenvalue weighted by Crippen LogP contribution is -2.10. The Morgan fingerprint density at radius 3 is 1.86 bits per heavy atom. The van der Waals surface area contributed by atoms with Gasteiger partial charge in [-0.15, -0.1) is 0 Å². The number of oxazole rings is 1. The van der Waals surface area contributed by atoms with Crippen molar-refractivity contribution in [1.29, 1.82) is 0 Å². The molecule has 8 aromatic carbocycles. The maximum absolute atomic E-state index is 6.55. The highest BCUT2D eigenvalue weighted by Crippen LogP contribution is 2.46. The number of rotatable bonds is 4. The van der Waals surface area contributed by atoms with E-state index in [-0.39, 0.29) is 0 Å². The molecule has 11 rings (SSSR count). The lowest BCUT2D eigenvalue weighted by Gasteiger charge is -2.27. The number of para-hydroxylation sites is 2. The molecular weight excluding hydrogens is 617 g/mol. The lowest BCUT2D eigenvalue weighted by molar-refractivity contribution is 0.623. The molecule has 0 bridgehead atoms. The molecule has 0 N–H and O–H groups in total. The van der Waals surface area contributed by atoms with Gasteiger partial charge in [0.1, 0.15) is 27.8 Å². The van der Waals surface area contributed by atoms with Gasteiger partial charge in [-0.1, -0.05) is 84.9 Å². The van der Waals surface area contributed by atoms with Crippen LogP contribution in [0.4, 0.5) is 17.1 Å². The molecule has 0 aliphatic heterocycles. The predicted octanol–water partition coefficient (Wildman–Crippen LogP) is 13.1. The summed E-state index contributed by atoms with van der Waals surface area (Å²) in [6.07, 6.45) is 0. The van der Waals surface area contributed by atoms with Crippen molar-refractivity contribution < 1.29 is 13.3 Å². The third kappa shape index (κ3) is 3.98. The van der Waals surface area contributed by atoms with Crippen LogP contribution in [0.15, 0.2) is 171 Å². The molecule has 0 aliphatic rings. The summed E-state index contributed by atoms with van der Waals surface area (Å²) in [4.78, 5) is 7.22. The van der Waals surface area contributed by atoms with Crippen molar-refractivity contribution in [2.24, 2.45) is 0 Å². The summed E-state index contributed by atoms with van der Waals surface area (Å²) < 4.78 is 19.2. The van der Waals surface area contributed by atoms with Crippen LogP contribution >= 0.6 is 0 Å². The number of fused-ring (bicyclic) bond motifs is 11. The summed E-state index contributed by atoms with van der Waals surface area (Å²) in [6.45, 7) is 0. The largest absolute Gasteiger partial charge is 0.456 e. The highest BCUT2D eigenvalue weighted by Gasteiger charge is 2.22. The molecule has 5 heteroatoms. The first kappa shape index (κ1) is 27.1. The summed E-state index contributed by atoms with van der Waals surface area (Å²) >= 11 is 0. The fraction of sp³-hybridized carbons (Fsp3) is 0. The van der Waals surface area contributed by atoms with E-state index in [2.05, 4.69) is 108 Å². The summed E-state index contributed by atoms with van der Waals surface area (Å²) in [7, 11) is 0. The van der Waals surface area contributed by atoms with E-state index in [1.165, 1.54) is 0 Å². The van der Waals surface area contributed by atoms with Crippen molar-refractivity contribution in [1.82, 2.24) is 4.98 Å². The van der Waals surface area contributed by atoms with E-state index in [9.17, 15) is 0 Å². The van der Waals surface area contributed by atoms with Gasteiger partial charge in [-0.25, -0.2) is 4.98 Å². The molecule has 11 aromatic rings. The second-order valence-corrected chi connectivity index (χ2v) is 12.7. The molecule has 0 fully saturated rings. The van der Waals surface area contributed by atoms with Crippen molar-refractivity contribution in [3.05, 3.63) is 158 Å². The van der Waals surface area contributed by atoms with Crippen LogP contribution in [0.3, 0.4) is 0 Å². The van der Waals surface area contributed by atoms with Gasteiger partial charge < -0.3 is 18.2 Å². The number of hydrogen-bond donors (Lipinski definition) is 0. The molecule has 0 aliphatic carbocycles. The Bertz CT molecular complexity index is 3110. The molecule has 0 unspecified atom stereocenters. The van der Waals surface area contributed by atoms with Crippen LogP contribution < -0.4 is 4.90 Å². The molecule has 3 aromatic heterocycles. The average Bonchev–Trinajstić information content (AvgIpc) is 3.88. The number of aromatic nitrogens is 1. The third-order valence-corrected chi connectivity index (χ3v) is 9.86. The zero-order valence-electron chi connectivity index (χ0n) is 26.6. The normalized spacial score (nSPS) is 12.0. The highest BCUT2D eigenvalue weighted by atomic mass is 16.3. The Balaban J connectivity index is 1.20. The Morgan fingerprint density at radius 1 is 0.420 bits per heavy atom. The minimum Gasteiger partial charge on any atom is -0.456 e. The smallest absolute Gasteiger partial charge is 0.227 e. The Kier molecular flexibility index (Phi) is 5.60. The number of benzene rings is 8. The highest BCUT2D eigenvalue weighted by molar-refractivity contribution is 6.22. The summed E-state index contributed by atoms with van der Waals surface area (Å²) in [5, 5.41) is 8.63. The number of anilines is 3. The summed E-state index contributed by atoms with van der Waals surface area (Å²) in [6, 6.07) is 54.5. The third-order valence-electron chi connectivity index (χ3n) is 9.86. The van der Waals surface area contributed by atoms with Crippen LogP contribution in [0.25, 0.3) is 88.0 Å². The fourth-order valence-electron chi connectivity index (χ4n) is 7.58. The van der Waals surface area contributed by atoms with Crippen molar-refractivity contribution >= 4 is 93.6 Å². The summed E-state index contributed by atoms with van der Waals surface area (Å²) in [5.41, 5.74) is 9.04. The molecular formula is C45H26N2O3. The molecule has 50 heavy (non-hydrogen) atoms. The van der Waals surface area contributed by atoms with Crippen LogP contribution in [-0.2, 0) is 0 Å². The minimum absolute atomic E-state index is 0.614. The maximum atomic E-state index is 6.55. The van der Waals surface area contributed by atoms with Crippen LogP contribution in [0.5, 0.6) is 0 Å². The van der Waals surface area contributed by atoms with Gasteiger partial charge in [-0.05, 0) is 77.5 Å². The van der Waals surface area contributed by atoms with Crippen LogP contribution in [0.2, 0.25) is 0 Å². The van der Waals surface area contributed by atoms with Gasteiger partial charge in [-0.3, -0.25) is 0 Å². The Morgan fingerprint density at radius 2 is 1.04 bits per heavy atom. The van der Waals surface area contributed by atoms with Gasteiger partial charge in [0.15, 0.2) is 5.58 Å². The van der Waals surface area contributed by atoms with Gasteiger partial charge in [0.05, 0.1) is 5.69 Å². The van der Waals surface area contributed by atoms with Crippen molar-refractivity contribution in [2.75, 3.05) is 4.90 Å². The van der Waals surface area contributed by atoms with Crippen LogP contribution in [0, 0.1) is 0 Å². The van der Waals surface area contributed by atoms with Crippen molar-refractivity contribution in [3.63, 3.8) is 0 Å². The zero-order valence-corrected chi connectivity index (χ0v) is 26.6. The van der Waals surface area contributed by atoms with E-state index in [0.29, 0.717) is 5.89 Å². The van der Waals surface area contributed by atoms with Gasteiger partial charge in [-0.2, -0.15) is 0 Å². The molecule has 0 atom stereocenters. The van der Waals surface area contributed by atoms with E-state index in [4.69, 9.17) is 18.2 Å². The van der Waals surface area contributed by atoms with Crippen molar-refractivity contribution in [2.45, 2.75) is 0 Å². The molecule has 0 radical (unpaired) electrons. The number of hydrogen-bond acceptors (Lipinski definition) is 5. The topological polar surface area (TPSA) is 55.6 Å². The van der Waals surface area contributed by atoms with E-state index in [1.807, 2.05) is 54.6 Å². The van der Waals surface area contributed by atoms with Gasteiger partial charge in [0, 0.05) is 55.3 Å². The van der Waals surface area contributed by atoms with E-state index in [1.54, 1.807) is 0 Å². The Hall–Kier alpha value is -6.85. The second kappa shape index (κ2) is 10.3. The average molecular weight is 643 g/mol. The lowest BCUT2D eigenvalue weighted by atomic mass is 9.98. The molecule has 5 nitrogen and oxygen atoms in total. The van der Waals surface area contributed by atoms with Gasteiger partial charge >= 0.3 is 0 Å². The molecule has 0 saturated carbocycles. The monoisotopic (exact) mass is 642 g/mol. The van der Waals surface area contributed by atoms with Crippen LogP contribution in [0.1, 0.15) is 0 Å². The van der Waals surface area contributed by atoms with Crippen molar-refractivity contribution in [3.8, 4) is 11.5 Å². The Labute approximate surface area is 285 Å². The van der Waals surface area contributed by atoms with Gasteiger partial charge in [0.25, 0.3) is 0 Å². The molecule has 0 amide bonds. The van der Waals surface area contributed by atoms with E-state index in [0.717, 1.165) is 99.1 Å². The quantitative estimate of drug-likeness (QED) is 0.179. The second-order valence-electron chi connectivity index (χ2n) is 12.7. The first-order valence-corrected chi connectivity index (χ1v) is 16.7. The molecule has 3 heterocycles. The molecule has 0 saturated heterocycles. The predicted molar refractivity (Wildman–Crippen MR) is 204 cm³/mol.